The largest absolute Gasteiger partial charge is 0.495 e. The highest BCUT2D eigenvalue weighted by atomic mass is 35.5. The van der Waals surface area contributed by atoms with E-state index in [1.54, 1.807) is 18.2 Å². The van der Waals surface area contributed by atoms with E-state index in [1.807, 2.05) is 0 Å². The molecule has 0 unspecified atom stereocenters. The van der Waals surface area contributed by atoms with Crippen LogP contribution in [0, 0.1) is 0 Å². The summed E-state index contributed by atoms with van der Waals surface area (Å²) in [6.45, 7) is 0. The van der Waals surface area contributed by atoms with E-state index < -0.39 is 5.24 Å². The summed E-state index contributed by atoms with van der Waals surface area (Å²) in [5.74, 6) is 0.455. The number of ether oxygens (including phenoxy) is 1. The average Bonchev–Trinajstić information content (AvgIpc) is 2.63. The minimum absolute atomic E-state index is 0.350. The van der Waals surface area contributed by atoms with E-state index in [-0.39, 0.29) is 0 Å². The van der Waals surface area contributed by atoms with Gasteiger partial charge in [-0.15, -0.1) is 0 Å². The number of hydrogen-bond donors (Lipinski definition) is 0. The molecule has 72 valence electrons. The fourth-order valence-corrected chi connectivity index (χ4v) is 1.54. The Balaban J connectivity index is 2.78. The zero-order valence-electron chi connectivity index (χ0n) is 7.41. The van der Waals surface area contributed by atoms with Crippen LogP contribution in [0.4, 0.5) is 0 Å². The molecular formula is C10H7ClO3. The summed E-state index contributed by atoms with van der Waals surface area (Å²) < 4.78 is 10.3. The van der Waals surface area contributed by atoms with Gasteiger partial charge in [0.1, 0.15) is 11.3 Å². The van der Waals surface area contributed by atoms with E-state index >= 15 is 0 Å². The number of hydrogen-bond acceptors (Lipinski definition) is 3. The van der Waals surface area contributed by atoms with Crippen LogP contribution < -0.4 is 4.74 Å². The maximum absolute atomic E-state index is 11.0. The van der Waals surface area contributed by atoms with Crippen LogP contribution >= 0.6 is 11.6 Å². The monoisotopic (exact) mass is 210 g/mol. The molecule has 1 aromatic carbocycles. The first-order valence-corrected chi connectivity index (χ1v) is 4.36. The normalized spacial score (nSPS) is 10.4. The highest BCUT2D eigenvalue weighted by Gasteiger charge is 2.14. The summed E-state index contributed by atoms with van der Waals surface area (Å²) in [5, 5.41) is 0.212. The Hall–Kier alpha value is -1.48. The molecule has 0 aliphatic carbocycles. The van der Waals surface area contributed by atoms with Gasteiger partial charge >= 0.3 is 0 Å². The van der Waals surface area contributed by atoms with Gasteiger partial charge in [0, 0.05) is 0 Å². The molecule has 2 aromatic rings. The van der Waals surface area contributed by atoms with Crippen LogP contribution in [-0.4, -0.2) is 12.4 Å². The van der Waals surface area contributed by atoms with Crippen molar-refractivity contribution in [2.75, 3.05) is 7.11 Å². The Morgan fingerprint density at radius 2 is 2.21 bits per heavy atom. The molecule has 1 heterocycles. The molecule has 0 atom stereocenters. The van der Waals surface area contributed by atoms with Gasteiger partial charge in [-0.25, -0.2) is 0 Å². The summed E-state index contributed by atoms with van der Waals surface area (Å²) in [5.41, 5.74) is 1.02. The zero-order chi connectivity index (χ0) is 10.1. The number of halogens is 1. The van der Waals surface area contributed by atoms with E-state index in [2.05, 4.69) is 0 Å². The van der Waals surface area contributed by atoms with Crippen LogP contribution in [0.25, 0.3) is 11.0 Å². The number of benzene rings is 1. The predicted molar refractivity (Wildman–Crippen MR) is 52.9 cm³/mol. The third-order valence-corrected chi connectivity index (χ3v) is 2.21. The summed E-state index contributed by atoms with van der Waals surface area (Å²) in [6, 6.07) is 5.00. The molecule has 3 nitrogen and oxygen atoms in total. The molecule has 4 heteroatoms. The zero-order valence-corrected chi connectivity index (χ0v) is 8.17. The number of fused-ring (bicyclic) bond motifs is 1. The standard InChI is InChI=1S/C10H7ClO3/c1-13-9-6-4-5-14-8(6)3-2-7(9)10(11)12/h2-5H,1H3. The molecule has 0 bridgehead atoms. The van der Waals surface area contributed by atoms with Crippen LogP contribution in [0.1, 0.15) is 10.4 Å². The molecule has 0 fully saturated rings. The van der Waals surface area contributed by atoms with E-state index in [0.717, 1.165) is 5.39 Å². The first kappa shape index (κ1) is 9.09. The molecular weight excluding hydrogens is 204 g/mol. The molecule has 0 aliphatic heterocycles. The second kappa shape index (κ2) is 3.35. The SMILES string of the molecule is COc1c(C(=O)Cl)ccc2occc12. The van der Waals surface area contributed by atoms with Crippen LogP contribution in [-0.2, 0) is 0 Å². The lowest BCUT2D eigenvalue weighted by atomic mass is 10.1. The maximum atomic E-state index is 11.0. The number of rotatable bonds is 2. The number of carbonyl (C=O) groups is 1. The third-order valence-electron chi connectivity index (χ3n) is 2.00. The Morgan fingerprint density at radius 1 is 1.43 bits per heavy atom. The molecule has 0 saturated carbocycles. The highest BCUT2D eigenvalue weighted by molar-refractivity contribution is 6.68. The van der Waals surface area contributed by atoms with Crippen LogP contribution in [0.2, 0.25) is 0 Å². The van der Waals surface area contributed by atoms with Crippen molar-refractivity contribution >= 4 is 27.8 Å². The van der Waals surface area contributed by atoms with Gasteiger partial charge in [-0.2, -0.15) is 0 Å². The Labute approximate surface area is 85.2 Å². The molecule has 0 saturated heterocycles. The van der Waals surface area contributed by atoms with Crippen molar-refractivity contribution in [2.45, 2.75) is 0 Å². The van der Waals surface area contributed by atoms with Crippen molar-refractivity contribution in [3.05, 3.63) is 30.0 Å². The van der Waals surface area contributed by atoms with Gasteiger partial charge in [-0.3, -0.25) is 4.79 Å². The average molecular weight is 211 g/mol. The van der Waals surface area contributed by atoms with E-state index in [4.69, 9.17) is 20.8 Å². The molecule has 0 N–H and O–H groups in total. The van der Waals surface area contributed by atoms with E-state index in [0.29, 0.717) is 16.9 Å². The summed E-state index contributed by atoms with van der Waals surface area (Å²) in [6.07, 6.45) is 1.54. The van der Waals surface area contributed by atoms with Gasteiger partial charge in [-0.1, -0.05) is 0 Å². The lowest BCUT2D eigenvalue weighted by molar-refractivity contribution is 0.107. The second-order valence-electron chi connectivity index (χ2n) is 2.75. The van der Waals surface area contributed by atoms with Crippen molar-refractivity contribution in [2.24, 2.45) is 0 Å². The molecule has 0 aliphatic rings. The van der Waals surface area contributed by atoms with Gasteiger partial charge in [-0.05, 0) is 29.8 Å². The van der Waals surface area contributed by atoms with Crippen LogP contribution in [0.5, 0.6) is 5.75 Å². The van der Waals surface area contributed by atoms with Gasteiger partial charge in [0.15, 0.2) is 0 Å². The van der Waals surface area contributed by atoms with E-state index in [1.165, 1.54) is 13.4 Å². The Bertz CT molecular complexity index is 487. The molecule has 0 spiro atoms. The van der Waals surface area contributed by atoms with Gasteiger partial charge in [0.05, 0.1) is 24.3 Å². The smallest absolute Gasteiger partial charge is 0.256 e. The van der Waals surface area contributed by atoms with Crippen molar-refractivity contribution in [1.29, 1.82) is 0 Å². The molecule has 0 radical (unpaired) electrons. The fourth-order valence-electron chi connectivity index (χ4n) is 1.39. The fraction of sp³-hybridized carbons (Fsp3) is 0.100. The number of furan rings is 1. The van der Waals surface area contributed by atoms with Crippen molar-refractivity contribution in [3.63, 3.8) is 0 Å². The maximum Gasteiger partial charge on any atom is 0.256 e. The highest BCUT2D eigenvalue weighted by Crippen LogP contribution is 2.31. The Morgan fingerprint density at radius 3 is 2.86 bits per heavy atom. The first-order chi connectivity index (χ1) is 6.74. The van der Waals surface area contributed by atoms with Crippen molar-refractivity contribution in [3.8, 4) is 5.75 Å². The summed E-state index contributed by atoms with van der Waals surface area (Å²) in [4.78, 5) is 11.0. The molecule has 14 heavy (non-hydrogen) atoms. The Kier molecular flexibility index (Phi) is 2.17. The lowest BCUT2D eigenvalue weighted by Gasteiger charge is -2.04. The van der Waals surface area contributed by atoms with E-state index in [9.17, 15) is 4.79 Å². The van der Waals surface area contributed by atoms with Gasteiger partial charge in [0.25, 0.3) is 5.24 Å². The predicted octanol–water partition coefficient (Wildman–Crippen LogP) is 2.82. The topological polar surface area (TPSA) is 39.4 Å². The molecule has 0 amide bonds. The van der Waals surface area contributed by atoms with Gasteiger partial charge < -0.3 is 9.15 Å². The third kappa shape index (κ3) is 1.26. The van der Waals surface area contributed by atoms with Crippen LogP contribution in [0.3, 0.4) is 0 Å². The van der Waals surface area contributed by atoms with Crippen LogP contribution in [0.15, 0.2) is 28.9 Å². The molecule has 2 rings (SSSR count). The second-order valence-corrected chi connectivity index (χ2v) is 3.10. The quantitative estimate of drug-likeness (QED) is 0.716. The first-order valence-electron chi connectivity index (χ1n) is 3.98. The number of methoxy groups -OCH3 is 1. The van der Waals surface area contributed by atoms with Crippen molar-refractivity contribution < 1.29 is 13.9 Å². The number of carbonyl (C=O) groups excluding carboxylic acids is 1. The minimum atomic E-state index is -0.537. The van der Waals surface area contributed by atoms with Crippen molar-refractivity contribution in [1.82, 2.24) is 0 Å². The van der Waals surface area contributed by atoms with Gasteiger partial charge in [0.2, 0.25) is 0 Å². The summed E-state index contributed by atoms with van der Waals surface area (Å²) in [7, 11) is 1.49. The summed E-state index contributed by atoms with van der Waals surface area (Å²) >= 11 is 5.40. The lowest BCUT2D eigenvalue weighted by Crippen LogP contribution is -1.95. The molecule has 1 aromatic heterocycles. The minimum Gasteiger partial charge on any atom is -0.495 e.